The van der Waals surface area contributed by atoms with Crippen LogP contribution in [0, 0.1) is 12.8 Å². The van der Waals surface area contributed by atoms with Crippen molar-refractivity contribution in [3.05, 3.63) is 71.7 Å². The number of anilines is 1. The van der Waals surface area contributed by atoms with E-state index >= 15 is 0 Å². The Morgan fingerprint density at radius 3 is 2.53 bits per heavy atom. The van der Waals surface area contributed by atoms with Crippen LogP contribution in [0.2, 0.25) is 0 Å². The minimum Gasteiger partial charge on any atom is -0.489 e. The van der Waals surface area contributed by atoms with Crippen molar-refractivity contribution in [2.45, 2.75) is 80.4 Å². The third kappa shape index (κ3) is 7.47. The lowest BCUT2D eigenvalue weighted by Gasteiger charge is -2.20. The lowest BCUT2D eigenvalue weighted by atomic mass is 10.1. The van der Waals surface area contributed by atoms with Gasteiger partial charge in [-0.2, -0.15) is 0 Å². The molecule has 1 aliphatic carbocycles. The van der Waals surface area contributed by atoms with Crippen LogP contribution in [0.5, 0.6) is 5.75 Å². The van der Waals surface area contributed by atoms with Crippen LogP contribution in [-0.2, 0) is 0 Å². The van der Waals surface area contributed by atoms with Crippen molar-refractivity contribution in [3.8, 4) is 5.75 Å². The Hall–Kier alpha value is -3.08. The highest BCUT2D eigenvalue weighted by Crippen LogP contribution is 2.31. The maximum Gasteiger partial charge on any atom is 0.156 e. The summed E-state index contributed by atoms with van der Waals surface area (Å²) in [5, 5.41) is 7.03. The summed E-state index contributed by atoms with van der Waals surface area (Å²) >= 11 is 0. The third-order valence-electron chi connectivity index (χ3n) is 5.78. The highest BCUT2D eigenvalue weighted by atomic mass is 16.5. The summed E-state index contributed by atoms with van der Waals surface area (Å²) in [4.78, 5) is 9.47. The van der Waals surface area contributed by atoms with Gasteiger partial charge in [0, 0.05) is 17.9 Å². The van der Waals surface area contributed by atoms with Gasteiger partial charge in [0.25, 0.3) is 0 Å². The molecule has 0 amide bonds. The second-order valence-corrected chi connectivity index (χ2v) is 9.58. The quantitative estimate of drug-likeness (QED) is 0.229. The van der Waals surface area contributed by atoms with Gasteiger partial charge >= 0.3 is 0 Å². The first kappa shape index (κ1) is 27.2. The van der Waals surface area contributed by atoms with Crippen molar-refractivity contribution >= 4 is 17.2 Å². The number of amidine groups is 1. The predicted octanol–water partition coefficient (Wildman–Crippen LogP) is 7.34. The SMILES string of the molecule is C=C/N=C(/Nc1ccc(C)cc1OC(C)C)C(/N=C(\C)C(=C)NC1CC(C)C/C1=C\C)=C(C)C. The molecule has 2 N–H and O–H groups in total. The Balaban J connectivity index is 2.33. The normalized spacial score (nSPS) is 19.9. The maximum atomic E-state index is 6.04. The van der Waals surface area contributed by atoms with E-state index < -0.39 is 0 Å². The molecule has 5 nitrogen and oxygen atoms in total. The number of nitrogens with zero attached hydrogens (tertiary/aromatic N) is 2. The molecule has 2 unspecified atom stereocenters. The fourth-order valence-corrected chi connectivity index (χ4v) is 4.06. The molecule has 2 atom stereocenters. The number of benzene rings is 1. The molecule has 1 aromatic rings. The monoisotopic (exact) mass is 462 g/mol. The molecular formula is C29H42N4O. The van der Waals surface area contributed by atoms with E-state index in [-0.39, 0.29) is 6.10 Å². The Kier molecular flexibility index (Phi) is 9.91. The van der Waals surface area contributed by atoms with E-state index in [1.807, 2.05) is 59.7 Å². The van der Waals surface area contributed by atoms with Gasteiger partial charge in [-0.15, -0.1) is 0 Å². The van der Waals surface area contributed by atoms with Crippen LogP contribution in [0.4, 0.5) is 5.69 Å². The van der Waals surface area contributed by atoms with E-state index in [2.05, 4.69) is 48.7 Å². The summed E-state index contributed by atoms with van der Waals surface area (Å²) in [7, 11) is 0. The molecule has 0 aliphatic heterocycles. The van der Waals surface area contributed by atoms with Gasteiger partial charge in [0.1, 0.15) is 11.4 Å². The molecule has 0 bridgehead atoms. The second-order valence-electron chi connectivity index (χ2n) is 9.58. The van der Waals surface area contributed by atoms with Crippen molar-refractivity contribution in [1.82, 2.24) is 5.32 Å². The molecule has 1 aliphatic rings. The molecule has 0 spiro atoms. The summed E-state index contributed by atoms with van der Waals surface area (Å²) in [5.41, 5.74) is 6.84. The van der Waals surface area contributed by atoms with Crippen LogP contribution in [0.15, 0.2) is 76.2 Å². The Labute approximate surface area is 206 Å². The highest BCUT2D eigenvalue weighted by Gasteiger charge is 2.26. The first-order valence-electron chi connectivity index (χ1n) is 12.1. The lowest BCUT2D eigenvalue weighted by Crippen LogP contribution is -2.30. The summed E-state index contributed by atoms with van der Waals surface area (Å²) in [5.74, 6) is 2.07. The zero-order valence-corrected chi connectivity index (χ0v) is 22.2. The first-order chi connectivity index (χ1) is 16.0. The van der Waals surface area contributed by atoms with E-state index in [1.54, 1.807) is 0 Å². The molecule has 0 saturated heterocycles. The second kappa shape index (κ2) is 12.4. The molecule has 1 saturated carbocycles. The Bertz CT molecular complexity index is 1020. The van der Waals surface area contributed by atoms with Crippen LogP contribution >= 0.6 is 0 Å². The largest absolute Gasteiger partial charge is 0.489 e. The van der Waals surface area contributed by atoms with Gasteiger partial charge in [0.2, 0.25) is 0 Å². The molecule has 2 rings (SSSR count). The fourth-order valence-electron chi connectivity index (χ4n) is 4.06. The van der Waals surface area contributed by atoms with E-state index in [4.69, 9.17) is 9.73 Å². The van der Waals surface area contributed by atoms with Crippen LogP contribution in [0.3, 0.4) is 0 Å². The molecule has 1 aromatic carbocycles. The minimum atomic E-state index is 0.0556. The third-order valence-corrected chi connectivity index (χ3v) is 5.78. The zero-order valence-electron chi connectivity index (χ0n) is 22.2. The van der Waals surface area contributed by atoms with Gasteiger partial charge in [-0.3, -0.25) is 0 Å². The van der Waals surface area contributed by atoms with Gasteiger partial charge in [0.05, 0.1) is 17.5 Å². The average Bonchev–Trinajstić information content (AvgIpc) is 3.11. The standard InChI is InChI=1S/C29H42N4O/c1-11-24-15-21(8)16-26(24)31-22(9)23(10)32-28(18(3)4)29(30-12-2)33-25-14-13-20(7)17-27(25)34-19(5)6/h11-14,17,19,21,26,31H,2,9,15-16H2,1,3-8,10H3,(H,30,33)/b24-11+,32-23+. The molecule has 0 aromatic heterocycles. The molecule has 0 heterocycles. The summed E-state index contributed by atoms with van der Waals surface area (Å²) < 4.78 is 6.04. The summed E-state index contributed by atoms with van der Waals surface area (Å²) in [6.07, 6.45) is 6.05. The van der Waals surface area contributed by atoms with Crippen LogP contribution < -0.4 is 15.4 Å². The van der Waals surface area contributed by atoms with Gasteiger partial charge in [-0.1, -0.05) is 37.8 Å². The highest BCUT2D eigenvalue weighted by molar-refractivity contribution is 6.11. The summed E-state index contributed by atoms with van der Waals surface area (Å²) in [6, 6.07) is 6.39. The van der Waals surface area contributed by atoms with Crippen molar-refractivity contribution < 1.29 is 4.74 Å². The van der Waals surface area contributed by atoms with Gasteiger partial charge in [-0.25, -0.2) is 9.98 Å². The number of hydrogen-bond donors (Lipinski definition) is 2. The molecule has 1 fully saturated rings. The topological polar surface area (TPSA) is 58.0 Å². The molecule has 5 heteroatoms. The molecule has 0 radical (unpaired) electrons. The number of nitrogens with one attached hydrogen (secondary N) is 2. The average molecular weight is 463 g/mol. The maximum absolute atomic E-state index is 6.04. The minimum absolute atomic E-state index is 0.0556. The zero-order chi connectivity index (χ0) is 25.4. The van der Waals surface area contributed by atoms with Crippen LogP contribution in [0.1, 0.15) is 66.9 Å². The Morgan fingerprint density at radius 1 is 1.24 bits per heavy atom. The van der Waals surface area contributed by atoms with Gasteiger partial charge in [-0.05, 0) is 90.5 Å². The number of ether oxygens (including phenoxy) is 1. The van der Waals surface area contributed by atoms with Crippen molar-refractivity contribution in [1.29, 1.82) is 0 Å². The van der Waals surface area contributed by atoms with E-state index in [0.29, 0.717) is 17.8 Å². The van der Waals surface area contributed by atoms with E-state index in [0.717, 1.165) is 52.5 Å². The summed E-state index contributed by atoms with van der Waals surface area (Å²) in [6.45, 7) is 24.6. The molecule has 184 valence electrons. The number of aliphatic imine (C=N–C) groups is 2. The number of rotatable bonds is 9. The van der Waals surface area contributed by atoms with Crippen LogP contribution in [0.25, 0.3) is 0 Å². The van der Waals surface area contributed by atoms with Gasteiger partial charge in [0.15, 0.2) is 5.84 Å². The van der Waals surface area contributed by atoms with Crippen molar-refractivity contribution in [2.75, 3.05) is 5.32 Å². The lowest BCUT2D eigenvalue weighted by molar-refractivity contribution is 0.243. The Morgan fingerprint density at radius 2 is 1.94 bits per heavy atom. The number of allylic oxidation sites excluding steroid dienone is 3. The fraction of sp³-hybridized carbons (Fsp3) is 0.448. The molecule has 34 heavy (non-hydrogen) atoms. The number of aryl methyl sites for hydroxylation is 1. The van der Waals surface area contributed by atoms with Gasteiger partial charge < -0.3 is 15.4 Å². The van der Waals surface area contributed by atoms with E-state index in [9.17, 15) is 0 Å². The predicted molar refractivity (Wildman–Crippen MR) is 148 cm³/mol. The van der Waals surface area contributed by atoms with Crippen molar-refractivity contribution in [3.63, 3.8) is 0 Å². The van der Waals surface area contributed by atoms with E-state index in [1.165, 1.54) is 11.8 Å². The first-order valence-corrected chi connectivity index (χ1v) is 12.1. The molecular weight excluding hydrogens is 420 g/mol. The number of hydrogen-bond acceptors (Lipinski definition) is 4. The smallest absolute Gasteiger partial charge is 0.156 e. The van der Waals surface area contributed by atoms with Crippen LogP contribution in [-0.4, -0.2) is 23.7 Å². The van der Waals surface area contributed by atoms with Crippen molar-refractivity contribution in [2.24, 2.45) is 15.9 Å².